The summed E-state index contributed by atoms with van der Waals surface area (Å²) in [7, 11) is 0. The lowest BCUT2D eigenvalue weighted by molar-refractivity contribution is -0.148. The number of amides is 1. The molecular formula is C22H25NO5S. The summed E-state index contributed by atoms with van der Waals surface area (Å²) >= 11 is 1.08. The molecule has 2 aromatic carbocycles. The Morgan fingerprint density at radius 3 is 2.31 bits per heavy atom. The zero-order chi connectivity index (χ0) is 21.2. The van der Waals surface area contributed by atoms with Crippen molar-refractivity contribution in [2.45, 2.75) is 26.3 Å². The van der Waals surface area contributed by atoms with Gasteiger partial charge in [0.2, 0.25) is 5.91 Å². The molecule has 6 nitrogen and oxygen atoms in total. The van der Waals surface area contributed by atoms with Crippen LogP contribution in [0.25, 0.3) is 0 Å². The lowest BCUT2D eigenvalue weighted by Gasteiger charge is -2.22. The molecule has 1 amide bonds. The fourth-order valence-corrected chi connectivity index (χ4v) is 3.48. The average Bonchev–Trinajstić information content (AvgIpc) is 2.70. The molecule has 2 N–H and O–H groups in total. The van der Waals surface area contributed by atoms with Gasteiger partial charge >= 0.3 is 5.97 Å². The molecule has 1 unspecified atom stereocenters. The number of ether oxygens (including phenoxy) is 1. The highest BCUT2D eigenvalue weighted by Crippen LogP contribution is 2.21. The molecule has 0 aliphatic rings. The minimum Gasteiger partial charge on any atom is -0.508 e. The second kappa shape index (κ2) is 11.3. The fourth-order valence-electron chi connectivity index (χ4n) is 2.77. The third kappa shape index (κ3) is 7.27. The number of hydrogen-bond acceptors (Lipinski definition) is 6. The number of thioether (sulfide) groups is 1. The lowest BCUT2D eigenvalue weighted by atomic mass is 9.99. The van der Waals surface area contributed by atoms with Gasteiger partial charge < -0.3 is 15.2 Å². The number of esters is 1. The Balaban J connectivity index is 2.21. The summed E-state index contributed by atoms with van der Waals surface area (Å²) in [5.41, 5.74) is 1.47. The van der Waals surface area contributed by atoms with Gasteiger partial charge in [-0.2, -0.15) is 0 Å². The first-order valence-corrected chi connectivity index (χ1v) is 10.3. The Bertz CT molecular complexity index is 823. The summed E-state index contributed by atoms with van der Waals surface area (Å²) in [5, 5.41) is 12.2. The number of hydrogen-bond donors (Lipinski definition) is 2. The Hall–Kier alpha value is -2.80. The van der Waals surface area contributed by atoms with E-state index in [0.717, 1.165) is 17.3 Å². The van der Waals surface area contributed by atoms with E-state index in [2.05, 4.69) is 5.32 Å². The Labute approximate surface area is 174 Å². The zero-order valence-corrected chi connectivity index (χ0v) is 17.3. The summed E-state index contributed by atoms with van der Waals surface area (Å²) in [6.45, 7) is 3.33. The number of nitrogens with one attached hydrogen (secondary N) is 1. The highest BCUT2D eigenvalue weighted by Gasteiger charge is 2.28. The van der Waals surface area contributed by atoms with Gasteiger partial charge in [0.1, 0.15) is 5.75 Å². The first kappa shape index (κ1) is 22.5. The van der Waals surface area contributed by atoms with Crippen molar-refractivity contribution in [3.63, 3.8) is 0 Å². The summed E-state index contributed by atoms with van der Waals surface area (Å²) < 4.78 is 5.11. The van der Waals surface area contributed by atoms with Crippen molar-refractivity contribution in [2.75, 3.05) is 12.4 Å². The van der Waals surface area contributed by atoms with Crippen LogP contribution in [-0.2, 0) is 25.5 Å². The molecule has 2 rings (SSSR count). The van der Waals surface area contributed by atoms with Gasteiger partial charge in [0, 0.05) is 12.7 Å². The molecule has 0 radical (unpaired) electrons. The van der Waals surface area contributed by atoms with Gasteiger partial charge in [-0.05, 0) is 36.6 Å². The molecule has 154 valence electrons. The molecule has 7 heteroatoms. The maximum atomic E-state index is 13.0. The van der Waals surface area contributed by atoms with E-state index in [4.69, 9.17) is 4.74 Å². The monoisotopic (exact) mass is 415 g/mol. The number of carbonyl (C=O) groups is 3. The van der Waals surface area contributed by atoms with E-state index < -0.39 is 17.9 Å². The van der Waals surface area contributed by atoms with Crippen LogP contribution >= 0.6 is 11.8 Å². The zero-order valence-electron chi connectivity index (χ0n) is 16.5. The van der Waals surface area contributed by atoms with E-state index in [-0.39, 0.29) is 23.4 Å². The van der Waals surface area contributed by atoms with E-state index in [9.17, 15) is 19.5 Å². The third-order valence-corrected chi connectivity index (χ3v) is 5.19. The highest BCUT2D eigenvalue weighted by molar-refractivity contribution is 8.13. The molecule has 0 aliphatic heterocycles. The predicted octanol–water partition coefficient (Wildman–Crippen LogP) is 3.25. The van der Waals surface area contributed by atoms with Gasteiger partial charge in [-0.15, -0.1) is 0 Å². The van der Waals surface area contributed by atoms with Crippen LogP contribution in [0.4, 0.5) is 0 Å². The van der Waals surface area contributed by atoms with Crippen molar-refractivity contribution in [1.82, 2.24) is 5.32 Å². The van der Waals surface area contributed by atoms with E-state index >= 15 is 0 Å². The average molecular weight is 416 g/mol. The van der Waals surface area contributed by atoms with Crippen LogP contribution in [0.1, 0.15) is 31.0 Å². The molecule has 0 saturated carbocycles. The van der Waals surface area contributed by atoms with E-state index in [1.807, 2.05) is 30.3 Å². The Morgan fingerprint density at radius 2 is 1.72 bits per heavy atom. The first-order valence-electron chi connectivity index (χ1n) is 9.34. The standard InChI is InChI=1S/C22H25NO5S/c1-3-28-22(27)20(17-9-11-19(25)12-10-17)23-21(26)18(14-29-15(2)24)13-16-7-5-4-6-8-16/h4-12,18,20,25H,3,13-14H2,1-2H3,(H,23,26)/t18?,20-/m1/s1. The van der Waals surface area contributed by atoms with Crippen molar-refractivity contribution in [3.8, 4) is 5.75 Å². The van der Waals surface area contributed by atoms with Crippen LogP contribution in [0.15, 0.2) is 54.6 Å². The summed E-state index contributed by atoms with van der Waals surface area (Å²) in [6, 6.07) is 14.5. The van der Waals surface area contributed by atoms with Gasteiger partial charge in [-0.25, -0.2) is 4.79 Å². The number of phenols is 1. The van der Waals surface area contributed by atoms with Crippen molar-refractivity contribution < 1.29 is 24.2 Å². The topological polar surface area (TPSA) is 92.7 Å². The molecule has 0 spiro atoms. The van der Waals surface area contributed by atoms with Crippen LogP contribution in [-0.4, -0.2) is 34.5 Å². The Kier molecular flexibility index (Phi) is 8.73. The Morgan fingerprint density at radius 1 is 1.07 bits per heavy atom. The van der Waals surface area contributed by atoms with E-state index in [1.165, 1.54) is 19.1 Å². The minimum absolute atomic E-state index is 0.0579. The second-order valence-corrected chi connectivity index (χ2v) is 7.67. The normalized spacial score (nSPS) is 12.6. The number of phenolic OH excluding ortho intramolecular Hbond substituents is 1. The number of aromatic hydroxyl groups is 1. The molecule has 2 atom stereocenters. The number of benzene rings is 2. The SMILES string of the molecule is CCOC(=O)[C@H](NC(=O)C(CSC(C)=O)Cc1ccccc1)c1ccc(O)cc1. The largest absolute Gasteiger partial charge is 0.508 e. The summed E-state index contributed by atoms with van der Waals surface area (Å²) in [5.74, 6) is -1.05. The molecule has 0 heterocycles. The van der Waals surface area contributed by atoms with Crippen molar-refractivity contribution >= 4 is 28.8 Å². The van der Waals surface area contributed by atoms with Gasteiger partial charge in [-0.1, -0.05) is 54.2 Å². The van der Waals surface area contributed by atoms with E-state index in [1.54, 1.807) is 19.1 Å². The maximum Gasteiger partial charge on any atom is 0.333 e. The minimum atomic E-state index is -0.997. The molecule has 0 aliphatic carbocycles. The maximum absolute atomic E-state index is 13.0. The molecule has 0 aromatic heterocycles. The number of carbonyl (C=O) groups excluding carboxylic acids is 3. The fraction of sp³-hybridized carbons (Fsp3) is 0.318. The predicted molar refractivity (Wildman–Crippen MR) is 112 cm³/mol. The van der Waals surface area contributed by atoms with Crippen molar-refractivity contribution in [2.24, 2.45) is 5.92 Å². The quantitative estimate of drug-likeness (QED) is 0.611. The number of rotatable bonds is 9. The molecule has 0 fully saturated rings. The molecule has 2 aromatic rings. The van der Waals surface area contributed by atoms with Gasteiger partial charge in [0.25, 0.3) is 0 Å². The molecule has 29 heavy (non-hydrogen) atoms. The third-order valence-electron chi connectivity index (χ3n) is 4.22. The second-order valence-electron chi connectivity index (χ2n) is 6.47. The van der Waals surface area contributed by atoms with Crippen LogP contribution < -0.4 is 5.32 Å². The van der Waals surface area contributed by atoms with Crippen molar-refractivity contribution in [3.05, 3.63) is 65.7 Å². The van der Waals surface area contributed by atoms with Gasteiger partial charge in [0.05, 0.1) is 12.5 Å². The van der Waals surface area contributed by atoms with Crippen LogP contribution in [0, 0.1) is 5.92 Å². The first-order chi connectivity index (χ1) is 13.9. The van der Waals surface area contributed by atoms with Gasteiger partial charge in [-0.3, -0.25) is 9.59 Å². The van der Waals surface area contributed by atoms with E-state index in [0.29, 0.717) is 17.7 Å². The van der Waals surface area contributed by atoms with Crippen LogP contribution in [0.2, 0.25) is 0 Å². The van der Waals surface area contributed by atoms with Crippen LogP contribution in [0.5, 0.6) is 5.75 Å². The smallest absolute Gasteiger partial charge is 0.333 e. The van der Waals surface area contributed by atoms with Crippen molar-refractivity contribution in [1.29, 1.82) is 0 Å². The molecule has 0 saturated heterocycles. The van der Waals surface area contributed by atoms with Gasteiger partial charge in [0.15, 0.2) is 11.2 Å². The molecule has 0 bridgehead atoms. The summed E-state index contributed by atoms with van der Waals surface area (Å²) in [4.78, 5) is 36.9. The van der Waals surface area contributed by atoms with Crippen LogP contribution in [0.3, 0.4) is 0 Å². The highest BCUT2D eigenvalue weighted by atomic mass is 32.2. The lowest BCUT2D eigenvalue weighted by Crippen LogP contribution is -2.40. The molecular weight excluding hydrogens is 390 g/mol. The summed E-state index contributed by atoms with van der Waals surface area (Å²) in [6.07, 6.45) is 0.443.